The molecular weight excluding hydrogens is 664 g/mol. The number of aliphatic hydroxyl groups is 1. The topological polar surface area (TPSA) is 111 Å². The molecule has 5 rings (SSSR count). The Kier molecular flexibility index (Phi) is 12.4. The summed E-state index contributed by atoms with van der Waals surface area (Å²) in [6.45, 7) is 12.6. The first kappa shape index (κ1) is 38.6. The molecule has 3 amide bonds. The lowest BCUT2D eigenvalue weighted by atomic mass is 9.82. The standard InChI is InChI=1S/C40H55FN4O5Si/c1-27(2)12-10-13-28(3)19-21-45-34-18-17-31(43-38(48)33-16-11-20-42-33)24-32(34)40(39(45)49)29(4)37(51(5,6)41)35(50-40)25-36(47)44(22-23-46)26-30-14-8-7-9-15-30/h7-9,12,14-15,17-19,24,29,33,35,37,42,46H,10-11,13,16,20-23,25-26H2,1-6H3,(H,43,48)/b28-19+/t29-,33-,35+,37-,40+/m1/s1. The summed E-state index contributed by atoms with van der Waals surface area (Å²) in [5.74, 6) is -1.29. The summed E-state index contributed by atoms with van der Waals surface area (Å²) in [7, 11) is -3.54. The summed E-state index contributed by atoms with van der Waals surface area (Å²) in [5.41, 5.74) is 2.89. The van der Waals surface area contributed by atoms with Crippen LogP contribution >= 0.6 is 0 Å². The maximum atomic E-state index is 16.5. The highest BCUT2D eigenvalue weighted by atomic mass is 28.4. The number of ether oxygens (including phenoxy) is 1. The van der Waals surface area contributed by atoms with Gasteiger partial charge >= 0.3 is 0 Å². The largest absolute Gasteiger partial charge is 0.395 e. The molecule has 276 valence electrons. The van der Waals surface area contributed by atoms with E-state index in [1.165, 1.54) is 5.57 Å². The second kappa shape index (κ2) is 16.4. The number of benzene rings is 2. The Balaban J connectivity index is 1.50. The second-order valence-corrected chi connectivity index (χ2v) is 19.0. The van der Waals surface area contributed by atoms with Crippen molar-refractivity contribution < 1.29 is 28.3 Å². The summed E-state index contributed by atoms with van der Waals surface area (Å²) in [6.07, 6.45) is 6.70. The van der Waals surface area contributed by atoms with Gasteiger partial charge in [-0.1, -0.05) is 60.6 Å². The van der Waals surface area contributed by atoms with Gasteiger partial charge in [0.15, 0.2) is 5.60 Å². The highest BCUT2D eigenvalue weighted by molar-refractivity contribution is 6.72. The van der Waals surface area contributed by atoms with Crippen molar-refractivity contribution in [3.05, 3.63) is 83.0 Å². The maximum Gasteiger partial charge on any atom is 0.264 e. The maximum absolute atomic E-state index is 16.5. The van der Waals surface area contributed by atoms with Crippen LogP contribution in [0.1, 0.15) is 70.9 Å². The number of aliphatic hydroxyl groups excluding tert-OH is 1. The predicted octanol–water partition coefficient (Wildman–Crippen LogP) is 6.60. The van der Waals surface area contributed by atoms with Gasteiger partial charge in [0, 0.05) is 42.3 Å². The van der Waals surface area contributed by atoms with Crippen molar-refractivity contribution in [2.24, 2.45) is 5.92 Å². The SMILES string of the molecule is CC(C)=CCC/C(C)=C/CN1C(=O)[C@@]2(O[C@@H](CC(=O)N(CCO)Cc3ccccc3)[C@H]([Si](C)(C)F)[C@H]2C)c2cc(NC(=O)[C@H]3CCCN3)ccc21. The lowest BCUT2D eigenvalue weighted by Gasteiger charge is -2.31. The molecule has 0 radical (unpaired) electrons. The quantitative estimate of drug-likeness (QED) is 0.115. The van der Waals surface area contributed by atoms with E-state index >= 15 is 4.11 Å². The van der Waals surface area contributed by atoms with Crippen LogP contribution in [0.25, 0.3) is 0 Å². The van der Waals surface area contributed by atoms with Crippen LogP contribution < -0.4 is 15.5 Å². The van der Waals surface area contributed by atoms with Crippen LogP contribution in [0.4, 0.5) is 15.5 Å². The summed E-state index contributed by atoms with van der Waals surface area (Å²) in [5, 5.41) is 16.1. The van der Waals surface area contributed by atoms with Crippen LogP contribution in [0.3, 0.4) is 0 Å². The number of halogens is 1. The number of allylic oxidation sites excluding steroid dienone is 3. The molecule has 3 heterocycles. The number of anilines is 2. The highest BCUT2D eigenvalue weighted by Crippen LogP contribution is 2.60. The number of carbonyl (C=O) groups is 3. The van der Waals surface area contributed by atoms with Crippen molar-refractivity contribution in [1.29, 1.82) is 0 Å². The van der Waals surface area contributed by atoms with Crippen LogP contribution in [0.5, 0.6) is 0 Å². The Morgan fingerprint density at radius 2 is 1.90 bits per heavy atom. The normalized spacial score (nSPS) is 24.6. The fraction of sp³-hybridized carbons (Fsp3) is 0.525. The average Bonchev–Trinajstić information content (AvgIpc) is 3.77. The molecule has 51 heavy (non-hydrogen) atoms. The molecule has 3 aliphatic rings. The van der Waals surface area contributed by atoms with Gasteiger partial charge in [0.05, 0.1) is 30.9 Å². The molecule has 5 atom stereocenters. The van der Waals surface area contributed by atoms with Gasteiger partial charge in [-0.25, -0.2) is 0 Å². The number of fused-ring (bicyclic) bond motifs is 2. The first-order valence-corrected chi connectivity index (χ1v) is 21.3. The highest BCUT2D eigenvalue weighted by Gasteiger charge is 2.67. The Morgan fingerprint density at radius 3 is 2.55 bits per heavy atom. The molecule has 2 fully saturated rings. The Bertz CT molecular complexity index is 1630. The summed E-state index contributed by atoms with van der Waals surface area (Å²) >= 11 is 0. The first-order chi connectivity index (χ1) is 24.3. The fourth-order valence-corrected chi connectivity index (χ4v) is 10.6. The molecule has 2 aromatic rings. The third-order valence-corrected chi connectivity index (χ3v) is 13.1. The molecular formula is C40H55FN4O5Si. The van der Waals surface area contributed by atoms with Crippen LogP contribution in [-0.2, 0) is 31.3 Å². The van der Waals surface area contributed by atoms with Crippen LogP contribution in [0.15, 0.2) is 71.8 Å². The first-order valence-electron chi connectivity index (χ1n) is 18.3. The van der Waals surface area contributed by atoms with E-state index < -0.39 is 31.6 Å². The van der Waals surface area contributed by atoms with Crippen molar-refractivity contribution in [3.8, 4) is 0 Å². The Labute approximate surface area is 303 Å². The minimum atomic E-state index is -3.54. The van der Waals surface area contributed by atoms with E-state index in [-0.39, 0.29) is 43.3 Å². The molecule has 3 N–H and O–H groups in total. The summed E-state index contributed by atoms with van der Waals surface area (Å²) < 4.78 is 23.4. The van der Waals surface area contributed by atoms with Gasteiger partial charge in [0.1, 0.15) is 0 Å². The van der Waals surface area contributed by atoms with Gasteiger partial charge in [0.2, 0.25) is 20.2 Å². The molecule has 0 aromatic heterocycles. The van der Waals surface area contributed by atoms with E-state index in [0.717, 1.165) is 43.4 Å². The monoisotopic (exact) mass is 718 g/mol. The number of nitrogens with zero attached hydrogens (tertiary/aromatic N) is 2. The van der Waals surface area contributed by atoms with Crippen LogP contribution in [0.2, 0.25) is 18.6 Å². The van der Waals surface area contributed by atoms with Crippen molar-refractivity contribution in [1.82, 2.24) is 10.2 Å². The van der Waals surface area contributed by atoms with Gasteiger partial charge in [-0.3, -0.25) is 14.4 Å². The number of rotatable bonds is 14. The van der Waals surface area contributed by atoms with Gasteiger partial charge in [-0.05, 0) is 89.9 Å². The molecule has 3 aliphatic heterocycles. The molecule has 2 saturated heterocycles. The molecule has 2 aromatic carbocycles. The van der Waals surface area contributed by atoms with E-state index in [1.807, 2.05) is 49.4 Å². The van der Waals surface area contributed by atoms with E-state index in [4.69, 9.17) is 4.74 Å². The van der Waals surface area contributed by atoms with Gasteiger partial charge in [0.25, 0.3) is 5.91 Å². The Hall–Kier alpha value is -3.64. The number of amides is 3. The number of hydrogen-bond acceptors (Lipinski definition) is 6. The van der Waals surface area contributed by atoms with E-state index in [1.54, 1.807) is 29.0 Å². The average molecular weight is 719 g/mol. The zero-order valence-electron chi connectivity index (χ0n) is 31.0. The van der Waals surface area contributed by atoms with Crippen LogP contribution in [0, 0.1) is 5.92 Å². The zero-order chi connectivity index (χ0) is 36.9. The number of nitrogens with one attached hydrogen (secondary N) is 2. The zero-order valence-corrected chi connectivity index (χ0v) is 32.0. The molecule has 0 aliphatic carbocycles. The summed E-state index contributed by atoms with van der Waals surface area (Å²) in [4.78, 5) is 45.2. The third-order valence-electron chi connectivity index (χ3n) is 10.6. The smallest absolute Gasteiger partial charge is 0.264 e. The molecule has 0 bridgehead atoms. The van der Waals surface area contributed by atoms with Crippen molar-refractivity contribution in [3.63, 3.8) is 0 Å². The fourth-order valence-electron chi connectivity index (χ4n) is 8.10. The van der Waals surface area contributed by atoms with E-state index in [9.17, 15) is 19.5 Å². The molecule has 0 saturated carbocycles. The predicted molar refractivity (Wildman–Crippen MR) is 202 cm³/mol. The lowest BCUT2D eigenvalue weighted by Crippen LogP contribution is -2.45. The van der Waals surface area contributed by atoms with E-state index in [2.05, 4.69) is 43.6 Å². The minimum Gasteiger partial charge on any atom is -0.395 e. The number of carbonyl (C=O) groups excluding carboxylic acids is 3. The minimum absolute atomic E-state index is 0.121. The second-order valence-electron chi connectivity index (χ2n) is 15.2. The van der Waals surface area contributed by atoms with Crippen molar-refractivity contribution in [2.45, 2.75) is 103 Å². The van der Waals surface area contributed by atoms with Crippen molar-refractivity contribution >= 4 is 37.5 Å². The number of hydrogen-bond donors (Lipinski definition) is 3. The van der Waals surface area contributed by atoms with Crippen molar-refractivity contribution in [2.75, 3.05) is 36.5 Å². The van der Waals surface area contributed by atoms with E-state index in [0.29, 0.717) is 30.0 Å². The molecule has 0 unspecified atom stereocenters. The van der Waals surface area contributed by atoms with Gasteiger partial charge in [-0.15, -0.1) is 0 Å². The molecule has 11 heteroatoms. The molecule has 9 nitrogen and oxygen atoms in total. The molecule has 1 spiro atoms. The lowest BCUT2D eigenvalue weighted by molar-refractivity contribution is -0.149. The third kappa shape index (κ3) is 8.54. The van der Waals surface area contributed by atoms with Gasteiger partial charge in [-0.2, -0.15) is 0 Å². The Morgan fingerprint density at radius 1 is 1.16 bits per heavy atom. The summed E-state index contributed by atoms with van der Waals surface area (Å²) in [6, 6.07) is 14.7. The van der Waals surface area contributed by atoms with Gasteiger partial charge < -0.3 is 34.4 Å². The van der Waals surface area contributed by atoms with Crippen LogP contribution in [-0.4, -0.2) is 74.5 Å².